The quantitative estimate of drug-likeness (QED) is 0.795. The van der Waals surface area contributed by atoms with Gasteiger partial charge in [0.1, 0.15) is 0 Å². The van der Waals surface area contributed by atoms with Crippen molar-refractivity contribution in [1.82, 2.24) is 5.32 Å². The van der Waals surface area contributed by atoms with E-state index >= 15 is 0 Å². The summed E-state index contributed by atoms with van der Waals surface area (Å²) >= 11 is 0. The highest BCUT2D eigenvalue weighted by atomic mass is 16.5. The molecule has 2 unspecified atom stereocenters. The molecule has 1 N–H and O–H groups in total. The van der Waals surface area contributed by atoms with Crippen molar-refractivity contribution < 1.29 is 4.74 Å². The predicted octanol–water partition coefficient (Wildman–Crippen LogP) is 3.54. The molecule has 2 nitrogen and oxygen atoms in total. The molecule has 1 aliphatic rings. The third kappa shape index (κ3) is 3.56. The molecule has 1 aromatic carbocycles. The van der Waals surface area contributed by atoms with E-state index in [1.165, 1.54) is 31.2 Å². The molecule has 1 saturated carbocycles. The van der Waals surface area contributed by atoms with Gasteiger partial charge < -0.3 is 10.1 Å². The largest absolute Gasteiger partial charge is 0.377 e. The molecule has 1 aliphatic carbocycles. The minimum absolute atomic E-state index is 0.220. The van der Waals surface area contributed by atoms with Crippen molar-refractivity contribution in [2.75, 3.05) is 13.7 Å². The van der Waals surface area contributed by atoms with Crippen molar-refractivity contribution in [1.29, 1.82) is 0 Å². The zero-order valence-electron chi connectivity index (χ0n) is 11.6. The SMILES string of the molecule is CNC(c1ccccc1)C(C)OCCC1CCC1. The summed E-state index contributed by atoms with van der Waals surface area (Å²) in [4.78, 5) is 0. The summed E-state index contributed by atoms with van der Waals surface area (Å²) in [6, 6.07) is 10.8. The van der Waals surface area contributed by atoms with Gasteiger partial charge in [-0.15, -0.1) is 0 Å². The second-order valence-corrected chi connectivity index (χ2v) is 5.34. The van der Waals surface area contributed by atoms with Crippen LogP contribution in [-0.2, 0) is 4.74 Å². The zero-order valence-corrected chi connectivity index (χ0v) is 11.6. The van der Waals surface area contributed by atoms with Crippen molar-refractivity contribution >= 4 is 0 Å². The first-order valence-electron chi connectivity index (χ1n) is 7.15. The maximum atomic E-state index is 5.99. The molecule has 0 amide bonds. The number of hydrogen-bond acceptors (Lipinski definition) is 2. The Kier molecular flexibility index (Phi) is 5.21. The summed E-state index contributed by atoms with van der Waals surface area (Å²) in [6.45, 7) is 3.06. The fraction of sp³-hybridized carbons (Fsp3) is 0.625. The monoisotopic (exact) mass is 247 g/mol. The van der Waals surface area contributed by atoms with Crippen LogP contribution in [0.25, 0.3) is 0 Å². The Morgan fingerprint density at radius 3 is 2.56 bits per heavy atom. The van der Waals surface area contributed by atoms with E-state index in [-0.39, 0.29) is 12.1 Å². The Hall–Kier alpha value is -0.860. The standard InChI is InChI=1S/C16H25NO/c1-13(18-12-11-14-7-6-8-14)16(17-2)15-9-4-3-5-10-15/h3-5,9-10,13-14,16-17H,6-8,11-12H2,1-2H3. The summed E-state index contributed by atoms with van der Waals surface area (Å²) in [7, 11) is 2.00. The zero-order chi connectivity index (χ0) is 12.8. The van der Waals surface area contributed by atoms with Gasteiger partial charge in [0.25, 0.3) is 0 Å². The number of likely N-dealkylation sites (N-methyl/N-ethyl adjacent to an activating group) is 1. The van der Waals surface area contributed by atoms with Crippen molar-refractivity contribution in [2.45, 2.75) is 44.8 Å². The second-order valence-electron chi connectivity index (χ2n) is 5.34. The molecule has 0 heterocycles. The van der Waals surface area contributed by atoms with Crippen LogP contribution in [0, 0.1) is 5.92 Å². The van der Waals surface area contributed by atoms with Crippen LogP contribution >= 0.6 is 0 Å². The maximum Gasteiger partial charge on any atom is 0.0741 e. The summed E-state index contributed by atoms with van der Waals surface area (Å²) < 4.78 is 5.99. The first-order valence-corrected chi connectivity index (χ1v) is 7.15. The fourth-order valence-corrected chi connectivity index (χ4v) is 2.63. The Morgan fingerprint density at radius 1 is 1.28 bits per heavy atom. The van der Waals surface area contributed by atoms with Gasteiger partial charge in [-0.1, -0.05) is 49.6 Å². The lowest BCUT2D eigenvalue weighted by molar-refractivity contribution is 0.0269. The van der Waals surface area contributed by atoms with E-state index in [2.05, 4.69) is 42.6 Å². The van der Waals surface area contributed by atoms with E-state index in [0.717, 1.165) is 12.5 Å². The molecule has 0 bridgehead atoms. The van der Waals surface area contributed by atoms with E-state index in [1.807, 2.05) is 7.05 Å². The van der Waals surface area contributed by atoms with Crippen LogP contribution in [0.1, 0.15) is 44.2 Å². The molecule has 0 saturated heterocycles. The predicted molar refractivity (Wildman–Crippen MR) is 75.6 cm³/mol. The molecule has 2 rings (SSSR count). The molecule has 100 valence electrons. The number of ether oxygens (including phenoxy) is 1. The molecule has 18 heavy (non-hydrogen) atoms. The second kappa shape index (κ2) is 6.91. The molecular formula is C16H25NO. The van der Waals surface area contributed by atoms with Crippen LogP contribution in [0.3, 0.4) is 0 Å². The normalized spacial score (nSPS) is 19.2. The van der Waals surface area contributed by atoms with Gasteiger partial charge in [0.2, 0.25) is 0 Å². The van der Waals surface area contributed by atoms with E-state index in [4.69, 9.17) is 4.74 Å². The smallest absolute Gasteiger partial charge is 0.0741 e. The molecule has 1 fully saturated rings. The highest BCUT2D eigenvalue weighted by Gasteiger charge is 2.20. The van der Waals surface area contributed by atoms with Crippen molar-refractivity contribution in [3.63, 3.8) is 0 Å². The molecule has 0 aliphatic heterocycles. The van der Waals surface area contributed by atoms with Gasteiger partial charge in [0.05, 0.1) is 12.1 Å². The molecule has 2 atom stereocenters. The fourth-order valence-electron chi connectivity index (χ4n) is 2.63. The van der Waals surface area contributed by atoms with Crippen LogP contribution in [0.15, 0.2) is 30.3 Å². The number of rotatable bonds is 7. The van der Waals surface area contributed by atoms with Crippen LogP contribution in [0.2, 0.25) is 0 Å². The van der Waals surface area contributed by atoms with Crippen LogP contribution < -0.4 is 5.32 Å². The van der Waals surface area contributed by atoms with Crippen LogP contribution in [0.4, 0.5) is 0 Å². The lowest BCUT2D eigenvalue weighted by Gasteiger charge is -2.28. The topological polar surface area (TPSA) is 21.3 Å². The molecule has 0 spiro atoms. The Morgan fingerprint density at radius 2 is 2.00 bits per heavy atom. The van der Waals surface area contributed by atoms with Gasteiger partial charge in [-0.25, -0.2) is 0 Å². The lowest BCUT2D eigenvalue weighted by atomic mass is 9.83. The molecule has 0 aromatic heterocycles. The van der Waals surface area contributed by atoms with Crippen molar-refractivity contribution in [3.8, 4) is 0 Å². The van der Waals surface area contributed by atoms with Crippen LogP contribution in [-0.4, -0.2) is 19.8 Å². The Balaban J connectivity index is 1.79. The highest BCUT2D eigenvalue weighted by Crippen LogP contribution is 2.29. The maximum absolute atomic E-state index is 5.99. The average molecular weight is 247 g/mol. The molecule has 1 aromatic rings. The van der Waals surface area contributed by atoms with Crippen LogP contribution in [0.5, 0.6) is 0 Å². The minimum Gasteiger partial charge on any atom is -0.377 e. The number of nitrogens with one attached hydrogen (secondary N) is 1. The summed E-state index contributed by atoms with van der Waals surface area (Å²) in [6.07, 6.45) is 5.69. The van der Waals surface area contributed by atoms with Gasteiger partial charge in [-0.05, 0) is 31.9 Å². The van der Waals surface area contributed by atoms with Gasteiger partial charge in [0.15, 0.2) is 0 Å². The summed E-state index contributed by atoms with van der Waals surface area (Å²) in [5.74, 6) is 0.932. The first kappa shape index (κ1) is 13.6. The molecular weight excluding hydrogens is 222 g/mol. The van der Waals surface area contributed by atoms with Gasteiger partial charge in [-0.3, -0.25) is 0 Å². The van der Waals surface area contributed by atoms with E-state index < -0.39 is 0 Å². The Labute approximate surface area is 111 Å². The number of benzene rings is 1. The summed E-state index contributed by atoms with van der Waals surface area (Å²) in [5, 5.41) is 3.36. The van der Waals surface area contributed by atoms with Gasteiger partial charge in [0, 0.05) is 6.61 Å². The minimum atomic E-state index is 0.220. The lowest BCUT2D eigenvalue weighted by Crippen LogP contribution is -2.30. The number of hydrogen-bond donors (Lipinski definition) is 1. The summed E-state index contributed by atoms with van der Waals surface area (Å²) in [5.41, 5.74) is 1.30. The average Bonchev–Trinajstić information content (AvgIpc) is 2.34. The Bertz CT molecular complexity index is 334. The van der Waals surface area contributed by atoms with Gasteiger partial charge in [-0.2, -0.15) is 0 Å². The van der Waals surface area contributed by atoms with Gasteiger partial charge >= 0.3 is 0 Å². The molecule has 0 radical (unpaired) electrons. The third-order valence-electron chi connectivity index (χ3n) is 4.07. The third-order valence-corrected chi connectivity index (χ3v) is 4.07. The van der Waals surface area contributed by atoms with E-state index in [0.29, 0.717) is 0 Å². The van der Waals surface area contributed by atoms with E-state index in [1.54, 1.807) is 0 Å². The highest BCUT2D eigenvalue weighted by molar-refractivity contribution is 5.19. The van der Waals surface area contributed by atoms with Crippen molar-refractivity contribution in [3.05, 3.63) is 35.9 Å². The molecule has 2 heteroatoms. The van der Waals surface area contributed by atoms with E-state index in [9.17, 15) is 0 Å². The first-order chi connectivity index (χ1) is 8.81. The van der Waals surface area contributed by atoms with Crippen molar-refractivity contribution in [2.24, 2.45) is 5.92 Å².